The summed E-state index contributed by atoms with van der Waals surface area (Å²) < 4.78 is 31.9. The van der Waals surface area contributed by atoms with Crippen LogP contribution in [0.2, 0.25) is 0 Å². The van der Waals surface area contributed by atoms with Crippen molar-refractivity contribution in [2.75, 3.05) is 0 Å². The predicted octanol–water partition coefficient (Wildman–Crippen LogP) is 20.1. The van der Waals surface area contributed by atoms with Crippen molar-refractivity contribution in [2.24, 2.45) is 0 Å². The van der Waals surface area contributed by atoms with Gasteiger partial charge >= 0.3 is 0 Å². The molecule has 0 aliphatic rings. The third-order valence-corrected chi connectivity index (χ3v) is 16.2. The first-order chi connectivity index (χ1) is 38.2. The molecule has 0 N–H and O–H groups in total. The van der Waals surface area contributed by atoms with E-state index in [2.05, 4.69) is 210 Å². The minimum absolute atomic E-state index is 0. The summed E-state index contributed by atoms with van der Waals surface area (Å²) in [6.07, 6.45) is 0. The van der Waals surface area contributed by atoms with Crippen LogP contribution in [0.1, 0.15) is 111 Å². The maximum absolute atomic E-state index is 8.30. The molecule has 0 saturated carbocycles. The fraction of sp³-hybridized carbons (Fsp3) is 0.183. The van der Waals surface area contributed by atoms with Crippen LogP contribution in [0.25, 0.3) is 109 Å². The molecule has 3 aromatic heterocycles. The summed E-state index contributed by atoms with van der Waals surface area (Å²) in [6, 6.07) is 72.3. The third kappa shape index (κ3) is 9.20. The van der Waals surface area contributed by atoms with E-state index < -0.39 is 6.85 Å². The summed E-state index contributed by atoms with van der Waals surface area (Å²) in [5, 5.41) is 6.01. The Balaban J connectivity index is 0.000000203. The van der Waals surface area contributed by atoms with Crippen LogP contribution in [-0.4, -0.2) is 19.1 Å². The maximum atomic E-state index is 8.30. The van der Waals surface area contributed by atoms with E-state index in [1.165, 1.54) is 44.8 Å². The van der Waals surface area contributed by atoms with Gasteiger partial charge in [0, 0.05) is 40.3 Å². The number of nitrogens with zero attached hydrogens (tertiary/aromatic N) is 4. The number of imidazole rings is 2. The SMILES string of the molecule is CC(C)c1cccc(C(C)C)c1-n1c(-c2[c-]cccc2)nc2ccccc21.[2H]C([2H])([2H])c1cc2cc3sc4c(-c5nc6ccccc6n5-c5c(C(C)C)cc(-c6ccccc6)cc5C(C)C)[c-]ccc4c3cc2c2ccccc12.[Ir]. The zero-order valence-corrected chi connectivity index (χ0v) is 47.9. The van der Waals surface area contributed by atoms with Crippen LogP contribution in [0.15, 0.2) is 188 Å². The molecule has 0 aliphatic heterocycles. The number of aryl methyl sites for hydroxylation is 1. The molecule has 13 rings (SSSR count). The molecular formula is C71H62IrN4S-2. The molecule has 10 aromatic carbocycles. The van der Waals surface area contributed by atoms with E-state index in [-0.39, 0.29) is 31.9 Å². The van der Waals surface area contributed by atoms with Crippen molar-refractivity contribution in [1.82, 2.24) is 19.1 Å². The van der Waals surface area contributed by atoms with E-state index in [0.29, 0.717) is 17.4 Å². The molecule has 77 heavy (non-hydrogen) atoms. The Bertz CT molecular complexity index is 4380. The van der Waals surface area contributed by atoms with Gasteiger partial charge in [0.25, 0.3) is 0 Å². The first-order valence-corrected chi connectivity index (χ1v) is 27.5. The van der Waals surface area contributed by atoms with Crippen molar-refractivity contribution in [2.45, 2.75) is 85.9 Å². The number of hydrogen-bond acceptors (Lipinski definition) is 3. The van der Waals surface area contributed by atoms with Crippen molar-refractivity contribution in [3.63, 3.8) is 0 Å². The number of aromatic nitrogens is 4. The van der Waals surface area contributed by atoms with Crippen LogP contribution in [0.4, 0.5) is 0 Å². The van der Waals surface area contributed by atoms with E-state index in [0.717, 1.165) is 86.6 Å². The van der Waals surface area contributed by atoms with Crippen LogP contribution in [0.5, 0.6) is 0 Å². The first-order valence-electron chi connectivity index (χ1n) is 28.2. The second-order valence-electron chi connectivity index (χ2n) is 21.3. The molecular weight excluding hydrogens is 1130 g/mol. The quantitative estimate of drug-likeness (QED) is 0.107. The molecule has 0 aliphatic carbocycles. The Hall–Kier alpha value is -7.47. The van der Waals surface area contributed by atoms with Gasteiger partial charge < -0.3 is 9.13 Å². The molecule has 1 radical (unpaired) electrons. The number of para-hydroxylation sites is 5. The van der Waals surface area contributed by atoms with Crippen molar-refractivity contribution in [3.8, 4) is 45.3 Å². The Morgan fingerprint density at radius 2 is 1.03 bits per heavy atom. The standard InChI is InChI=1S/C46H37N2S.C25H25N2.Ir/c1-27(2)37-23-31(30-14-7-6-8-15-30)24-38(28(3)4)44(37)48-42-21-12-11-20-41(42)47-46(48)36-19-13-18-35-40-26-39-32(25-43(40)49-45(35)36)22-29(5)33-16-9-10-17-34(33)39;1-17(2)20-13-10-14-21(18(3)4)24(20)27-23-16-9-8-15-22(23)26-25(27)19-11-6-5-7-12-19;/h6-18,20-28H,1-5H3;5-11,13-18H,1-4H3;/q2*-1;/i5D3;;. The van der Waals surface area contributed by atoms with Gasteiger partial charge in [0.2, 0.25) is 0 Å². The van der Waals surface area contributed by atoms with Crippen LogP contribution in [0.3, 0.4) is 0 Å². The summed E-state index contributed by atoms with van der Waals surface area (Å²) in [5.74, 6) is 3.19. The average Bonchev–Trinajstić information content (AvgIpc) is 4.29. The van der Waals surface area contributed by atoms with Crippen LogP contribution in [-0.2, 0) is 20.1 Å². The summed E-state index contributed by atoms with van der Waals surface area (Å²) in [4.78, 5) is 10.4. The molecule has 0 amide bonds. The van der Waals surface area contributed by atoms with Crippen LogP contribution in [0, 0.1) is 19.0 Å². The molecule has 0 saturated heterocycles. The van der Waals surface area contributed by atoms with Crippen molar-refractivity contribution in [3.05, 3.63) is 228 Å². The molecule has 6 heteroatoms. The second-order valence-corrected chi connectivity index (χ2v) is 22.4. The Morgan fingerprint density at radius 3 is 1.65 bits per heavy atom. The number of fused-ring (bicyclic) bond motifs is 8. The molecule has 4 nitrogen and oxygen atoms in total. The van der Waals surface area contributed by atoms with Gasteiger partial charge in [0.05, 0.1) is 33.7 Å². The Morgan fingerprint density at radius 1 is 0.455 bits per heavy atom. The molecule has 0 unspecified atom stereocenters. The van der Waals surface area contributed by atoms with Gasteiger partial charge in [0.1, 0.15) is 0 Å². The molecule has 3 heterocycles. The zero-order valence-electron chi connectivity index (χ0n) is 47.7. The van der Waals surface area contributed by atoms with E-state index in [4.69, 9.17) is 14.1 Å². The van der Waals surface area contributed by atoms with Crippen molar-refractivity contribution >= 4 is 75.1 Å². The van der Waals surface area contributed by atoms with Gasteiger partial charge in [-0.05, 0) is 150 Å². The van der Waals surface area contributed by atoms with Gasteiger partial charge in [-0.3, -0.25) is 9.97 Å². The van der Waals surface area contributed by atoms with Gasteiger partial charge in [-0.25, -0.2) is 0 Å². The van der Waals surface area contributed by atoms with Crippen LogP contribution >= 0.6 is 11.3 Å². The summed E-state index contributed by atoms with van der Waals surface area (Å²) in [6.45, 7) is 15.9. The van der Waals surface area contributed by atoms with E-state index in [1.54, 1.807) is 11.3 Å². The van der Waals surface area contributed by atoms with E-state index in [1.807, 2.05) is 54.6 Å². The summed E-state index contributed by atoms with van der Waals surface area (Å²) in [7, 11) is 0. The smallest absolute Gasteiger partial charge is 0.0774 e. The van der Waals surface area contributed by atoms with Gasteiger partial charge in [-0.2, -0.15) is 11.3 Å². The van der Waals surface area contributed by atoms with E-state index in [9.17, 15) is 0 Å². The molecule has 0 bridgehead atoms. The Kier molecular flexibility index (Phi) is 13.2. The average molecular weight is 1200 g/mol. The molecule has 0 atom stereocenters. The number of rotatable bonds is 9. The number of benzene rings is 10. The Labute approximate surface area is 474 Å². The van der Waals surface area contributed by atoms with Gasteiger partial charge in [0.15, 0.2) is 0 Å². The van der Waals surface area contributed by atoms with Gasteiger partial charge in [-0.1, -0.05) is 169 Å². The second kappa shape index (κ2) is 21.2. The minimum Gasteiger partial charge on any atom is -0.333 e. The van der Waals surface area contributed by atoms with Crippen LogP contribution < -0.4 is 0 Å². The molecule has 0 fully saturated rings. The van der Waals surface area contributed by atoms with Crippen molar-refractivity contribution in [1.29, 1.82) is 0 Å². The molecule has 383 valence electrons. The summed E-state index contributed by atoms with van der Waals surface area (Å²) >= 11 is 1.73. The van der Waals surface area contributed by atoms with Crippen molar-refractivity contribution < 1.29 is 24.2 Å². The minimum atomic E-state index is -2.22. The number of hydrogen-bond donors (Lipinski definition) is 0. The first kappa shape index (κ1) is 47.9. The molecule has 13 aromatic rings. The fourth-order valence-corrected chi connectivity index (χ4v) is 12.5. The number of thiophene rings is 1. The normalized spacial score (nSPS) is 12.5. The summed E-state index contributed by atoms with van der Waals surface area (Å²) in [5.41, 5.74) is 16.7. The monoisotopic (exact) mass is 1200 g/mol. The maximum Gasteiger partial charge on any atom is 0.0774 e. The topological polar surface area (TPSA) is 35.6 Å². The zero-order chi connectivity index (χ0) is 54.9. The third-order valence-electron chi connectivity index (χ3n) is 15.0. The largest absolute Gasteiger partial charge is 0.333 e. The molecule has 0 spiro atoms. The van der Waals surface area contributed by atoms with E-state index >= 15 is 0 Å². The predicted molar refractivity (Wildman–Crippen MR) is 325 cm³/mol. The fourth-order valence-electron chi connectivity index (χ4n) is 11.3. The van der Waals surface area contributed by atoms with Gasteiger partial charge in [-0.15, -0.1) is 54.1 Å².